The van der Waals surface area contributed by atoms with E-state index in [0.717, 1.165) is 0 Å². The third-order valence-corrected chi connectivity index (χ3v) is 13.5. The summed E-state index contributed by atoms with van der Waals surface area (Å²) in [4.78, 5) is 0. The van der Waals surface area contributed by atoms with Crippen molar-refractivity contribution in [2.24, 2.45) is 0 Å². The van der Waals surface area contributed by atoms with Crippen LogP contribution in [0.15, 0.2) is 85.1 Å². The van der Waals surface area contributed by atoms with Crippen LogP contribution in [0, 0.1) is 13.8 Å². The van der Waals surface area contributed by atoms with Crippen LogP contribution in [0.3, 0.4) is 0 Å². The van der Waals surface area contributed by atoms with Gasteiger partial charge in [0.2, 0.25) is 0 Å². The summed E-state index contributed by atoms with van der Waals surface area (Å²) >= 11 is -0.307. The van der Waals surface area contributed by atoms with Crippen LogP contribution in [0.5, 0.6) is 0 Å². The number of hydrogen-bond acceptors (Lipinski definition) is 0. The first-order valence-electron chi connectivity index (χ1n) is 14.7. The number of halogens is 1. The van der Waals surface area contributed by atoms with Crippen LogP contribution in [0.2, 0.25) is 0 Å². The molecule has 0 fully saturated rings. The van der Waals surface area contributed by atoms with Crippen LogP contribution in [0.25, 0.3) is 49.7 Å². The Kier molecular flexibility index (Phi) is 6.08. The first kappa shape index (κ1) is 25.8. The maximum atomic E-state index is 2.69. The molecule has 40 heavy (non-hydrogen) atoms. The monoisotopic (exact) mass is 636 g/mol. The van der Waals surface area contributed by atoms with Crippen molar-refractivity contribution in [1.29, 1.82) is 0 Å². The third kappa shape index (κ3) is 3.56. The normalized spacial score (nSPS) is 14.5. The number of imidazole rings is 1. The molecule has 0 spiro atoms. The Morgan fingerprint density at radius 2 is 1.50 bits per heavy atom. The second-order valence-corrected chi connectivity index (χ2v) is 15.3. The van der Waals surface area contributed by atoms with Gasteiger partial charge in [0.25, 0.3) is 0 Å². The zero-order valence-corrected chi connectivity index (χ0v) is 26.5. The average molecular weight is 637 g/mol. The molecular weight excluding hydrogens is 599 g/mol. The number of alkyl halides is 1. The van der Waals surface area contributed by atoms with Gasteiger partial charge in [-0.25, -0.2) is 0 Å². The van der Waals surface area contributed by atoms with Gasteiger partial charge in [-0.1, -0.05) is 0 Å². The van der Waals surface area contributed by atoms with Gasteiger partial charge in [0, 0.05) is 0 Å². The van der Waals surface area contributed by atoms with E-state index in [1.54, 1.807) is 5.56 Å². The Balaban J connectivity index is 1.70. The number of fused-ring (bicyclic) bond motifs is 3. The van der Waals surface area contributed by atoms with Gasteiger partial charge in [-0.3, -0.25) is 0 Å². The van der Waals surface area contributed by atoms with Gasteiger partial charge in [-0.2, -0.15) is 0 Å². The molecule has 0 aliphatic carbocycles. The van der Waals surface area contributed by atoms with Crippen molar-refractivity contribution in [3.8, 4) is 22.4 Å². The summed E-state index contributed by atoms with van der Waals surface area (Å²) in [6.45, 7) is 13.9. The van der Waals surface area contributed by atoms with Crippen molar-refractivity contribution in [2.75, 3.05) is 0 Å². The molecule has 3 heteroatoms. The molecule has 2 aromatic heterocycles. The minimum absolute atomic E-state index is 0.219. The molecule has 3 heterocycles. The van der Waals surface area contributed by atoms with E-state index in [1.807, 2.05) is 0 Å². The molecule has 4 aromatic carbocycles. The molecule has 1 aliphatic heterocycles. The van der Waals surface area contributed by atoms with Gasteiger partial charge in [0.1, 0.15) is 0 Å². The third-order valence-electron chi connectivity index (χ3n) is 9.22. The van der Waals surface area contributed by atoms with Gasteiger partial charge in [0.15, 0.2) is 0 Å². The molecule has 2 nitrogen and oxygen atoms in total. The molecule has 0 radical (unpaired) electrons. The fraction of sp³-hybridized carbons (Fsp3) is 0.270. The number of para-hydroxylation sites is 1. The summed E-state index contributed by atoms with van der Waals surface area (Å²) < 4.78 is 5.51. The number of pyridine rings is 1. The van der Waals surface area contributed by atoms with E-state index in [4.69, 9.17) is 0 Å². The molecule has 1 aliphatic rings. The van der Waals surface area contributed by atoms with E-state index in [2.05, 4.69) is 134 Å². The molecule has 0 atom stereocenters. The summed E-state index contributed by atoms with van der Waals surface area (Å²) in [6.07, 6.45) is 4.84. The predicted octanol–water partition coefficient (Wildman–Crippen LogP) is 6.49. The fourth-order valence-electron chi connectivity index (χ4n) is 6.92. The van der Waals surface area contributed by atoms with Gasteiger partial charge in [-0.15, -0.1) is 0 Å². The Morgan fingerprint density at radius 1 is 0.775 bits per heavy atom. The number of aromatic nitrogens is 2. The van der Waals surface area contributed by atoms with Gasteiger partial charge >= 0.3 is 249 Å². The van der Waals surface area contributed by atoms with E-state index in [9.17, 15) is 0 Å². The summed E-state index contributed by atoms with van der Waals surface area (Å²) in [5.41, 5.74) is 13.7. The van der Waals surface area contributed by atoms with Crippen molar-refractivity contribution in [1.82, 2.24) is 4.40 Å². The molecule has 0 bridgehead atoms. The minimum atomic E-state index is -0.307. The molecule has 0 unspecified atom stereocenters. The van der Waals surface area contributed by atoms with E-state index >= 15 is 0 Å². The molecular formula is C37H37IN2. The van der Waals surface area contributed by atoms with Crippen LogP contribution in [-0.4, -0.2) is 4.40 Å². The first-order chi connectivity index (χ1) is 19.4. The summed E-state index contributed by atoms with van der Waals surface area (Å²) in [6, 6.07) is 30.0. The Labute approximate surface area is 248 Å². The molecule has 0 N–H and O–H groups in total. The van der Waals surface area contributed by atoms with Crippen LogP contribution < -0.4 is 24.3 Å². The second-order valence-electron chi connectivity index (χ2n) is 11.7. The second kappa shape index (κ2) is 9.44. The fourth-order valence-corrected chi connectivity index (χ4v) is 10.4. The van der Waals surface area contributed by atoms with Gasteiger partial charge in [0.05, 0.1) is 0 Å². The van der Waals surface area contributed by atoms with E-state index in [0.29, 0.717) is 5.92 Å². The summed E-state index contributed by atoms with van der Waals surface area (Å²) in [5, 5.41) is 4.21. The molecule has 6 aromatic rings. The number of rotatable bonds is 5. The quantitative estimate of drug-likeness (QED) is 0.116. The molecule has 0 amide bonds. The zero-order chi connectivity index (χ0) is 27.8. The van der Waals surface area contributed by atoms with Crippen molar-refractivity contribution in [2.45, 2.75) is 63.7 Å². The van der Waals surface area contributed by atoms with Crippen molar-refractivity contribution in [3.63, 3.8) is 0 Å². The van der Waals surface area contributed by atoms with Crippen molar-refractivity contribution in [3.05, 3.63) is 107 Å². The Hall–Kier alpha value is -3.18. The number of hydrogen-bond donors (Lipinski definition) is 0. The van der Waals surface area contributed by atoms with E-state index in [-0.39, 0.29) is 24.9 Å². The molecule has 0 saturated carbocycles. The van der Waals surface area contributed by atoms with Crippen molar-refractivity contribution < 1.29 is 24.3 Å². The van der Waals surface area contributed by atoms with E-state index < -0.39 is 0 Å². The Morgan fingerprint density at radius 3 is 2.23 bits per heavy atom. The van der Waals surface area contributed by atoms with Crippen molar-refractivity contribution >= 4 is 27.3 Å². The SMILES string of the molecule is CCC1(CC)[I-][n+]2cc(-c3ccc(C(C)C)cc3C)n3c4ccccc4c4c(-c5ccccc5C)ccc1c4c32. The zero-order valence-electron chi connectivity index (χ0n) is 24.3. The van der Waals surface area contributed by atoms with Crippen LogP contribution in [0.1, 0.15) is 68.7 Å². The molecule has 202 valence electrons. The standard InChI is InChI=1S/C37H37IN2/c1-7-37(8-2)31-20-19-29(27-14-10-9-13-24(27)5)34-30-15-11-12-16-32(30)40-33(22-39(38-37)36(40)35(31)34)28-18-17-26(23(3)4)21-25(28)6/h9-23H,7-8H2,1-6H3. The number of nitrogens with zero attached hydrogens (tertiary/aromatic N) is 2. The Bertz CT molecular complexity index is 1960. The average Bonchev–Trinajstić information content (AvgIpc) is 3.35. The number of benzene rings is 4. The van der Waals surface area contributed by atoms with Gasteiger partial charge in [-0.05, 0) is 0 Å². The number of aryl methyl sites for hydroxylation is 2. The summed E-state index contributed by atoms with van der Waals surface area (Å²) in [5.74, 6) is 0.525. The topological polar surface area (TPSA) is 8.29 Å². The summed E-state index contributed by atoms with van der Waals surface area (Å²) in [7, 11) is 0. The van der Waals surface area contributed by atoms with Crippen LogP contribution in [0.4, 0.5) is 0 Å². The predicted molar refractivity (Wildman–Crippen MR) is 165 cm³/mol. The molecule has 7 rings (SSSR count). The van der Waals surface area contributed by atoms with Gasteiger partial charge < -0.3 is 0 Å². The van der Waals surface area contributed by atoms with Crippen LogP contribution >= 0.6 is 0 Å². The maximum absolute atomic E-state index is 2.69. The first-order valence-corrected chi connectivity index (χ1v) is 16.7. The molecule has 0 saturated heterocycles. The van der Waals surface area contributed by atoms with E-state index in [1.165, 1.54) is 79.2 Å². The van der Waals surface area contributed by atoms with Crippen LogP contribution in [-0.2, 0) is 3.42 Å².